The van der Waals surface area contributed by atoms with Crippen molar-refractivity contribution in [2.24, 2.45) is 16.9 Å². The van der Waals surface area contributed by atoms with Gasteiger partial charge in [-0.1, -0.05) is 19.3 Å². The van der Waals surface area contributed by atoms with Crippen molar-refractivity contribution >= 4 is 11.9 Å². The third-order valence-corrected chi connectivity index (χ3v) is 5.48. The maximum Gasteiger partial charge on any atom is 0.280 e. The number of nitro groups is 1. The lowest BCUT2D eigenvalue weighted by Gasteiger charge is -2.26. The Kier molecular flexibility index (Phi) is 5.27. The molecule has 3 aliphatic rings. The Balaban J connectivity index is 1.70. The summed E-state index contributed by atoms with van der Waals surface area (Å²) in [5.74, 6) is 0.507. The van der Waals surface area contributed by atoms with Crippen LogP contribution in [0.25, 0.3) is 0 Å². The molecular formula is C17H28N4O4. The molecule has 2 aliphatic heterocycles. The predicted molar refractivity (Wildman–Crippen MR) is 92.4 cm³/mol. The molecule has 1 amide bonds. The minimum Gasteiger partial charge on any atom is -0.375 e. The first-order valence-electron chi connectivity index (χ1n) is 9.29. The van der Waals surface area contributed by atoms with Crippen LogP contribution in [0.3, 0.4) is 0 Å². The Morgan fingerprint density at radius 3 is 2.64 bits per heavy atom. The molecule has 140 valence electrons. The van der Waals surface area contributed by atoms with Gasteiger partial charge in [-0.2, -0.15) is 0 Å². The van der Waals surface area contributed by atoms with Crippen molar-refractivity contribution in [1.82, 2.24) is 9.80 Å². The Hall–Kier alpha value is -1.70. The largest absolute Gasteiger partial charge is 0.375 e. The second-order valence-electron chi connectivity index (χ2n) is 8.05. The molecule has 25 heavy (non-hydrogen) atoms. The molecule has 1 saturated carbocycles. The van der Waals surface area contributed by atoms with Crippen molar-refractivity contribution in [2.75, 3.05) is 26.2 Å². The van der Waals surface area contributed by atoms with Gasteiger partial charge in [0.15, 0.2) is 5.03 Å². The highest BCUT2D eigenvalue weighted by molar-refractivity contribution is 5.99. The second kappa shape index (κ2) is 7.27. The highest BCUT2D eigenvalue weighted by Gasteiger charge is 2.40. The number of hydrogen-bond acceptors (Lipinski definition) is 4. The lowest BCUT2D eigenvalue weighted by Crippen LogP contribution is -2.43. The van der Waals surface area contributed by atoms with E-state index in [4.69, 9.17) is 4.74 Å². The standard InChI is InChI=1S/C17H28N4O4/c1-17(2)10-13(12-25-17)11-19-8-9-20(16(19)18-21(23)24)15(22)14-6-4-3-5-7-14/h13-14H,3-12H2,1-2H3. The van der Waals surface area contributed by atoms with Crippen LogP contribution in [0.15, 0.2) is 5.10 Å². The smallest absolute Gasteiger partial charge is 0.280 e. The van der Waals surface area contributed by atoms with Gasteiger partial charge in [0.2, 0.25) is 5.91 Å². The summed E-state index contributed by atoms with van der Waals surface area (Å²) in [5.41, 5.74) is -0.150. The van der Waals surface area contributed by atoms with Crippen molar-refractivity contribution in [3.8, 4) is 0 Å². The number of carbonyl (C=O) groups is 1. The summed E-state index contributed by atoms with van der Waals surface area (Å²) in [5, 5.41) is 13.9. The molecule has 0 aromatic rings. The first kappa shape index (κ1) is 18.1. The number of hydrogen-bond donors (Lipinski definition) is 0. The van der Waals surface area contributed by atoms with Gasteiger partial charge in [0.1, 0.15) is 5.10 Å². The number of hydrazone groups is 1. The van der Waals surface area contributed by atoms with Crippen molar-refractivity contribution in [3.63, 3.8) is 0 Å². The van der Waals surface area contributed by atoms with Crippen LogP contribution in [0.2, 0.25) is 0 Å². The van der Waals surface area contributed by atoms with Crippen molar-refractivity contribution in [3.05, 3.63) is 10.1 Å². The topological polar surface area (TPSA) is 88.3 Å². The number of guanidine groups is 1. The van der Waals surface area contributed by atoms with Crippen LogP contribution in [-0.4, -0.2) is 58.5 Å². The molecule has 0 spiro atoms. The number of carbonyl (C=O) groups excluding carboxylic acids is 1. The monoisotopic (exact) mass is 352 g/mol. The molecule has 8 nitrogen and oxygen atoms in total. The molecule has 0 radical (unpaired) electrons. The third-order valence-electron chi connectivity index (χ3n) is 5.48. The number of ether oxygens (including phenoxy) is 1. The van der Waals surface area contributed by atoms with Crippen LogP contribution >= 0.6 is 0 Å². The first-order valence-corrected chi connectivity index (χ1v) is 9.29. The van der Waals surface area contributed by atoms with Crippen molar-refractivity contribution in [2.45, 2.75) is 58.0 Å². The molecule has 1 atom stereocenters. The maximum absolute atomic E-state index is 12.8. The molecule has 0 aromatic heterocycles. The summed E-state index contributed by atoms with van der Waals surface area (Å²) < 4.78 is 5.77. The zero-order valence-electron chi connectivity index (χ0n) is 15.1. The Labute approximate surface area is 148 Å². The lowest BCUT2D eigenvalue weighted by atomic mass is 9.88. The van der Waals surface area contributed by atoms with E-state index in [-0.39, 0.29) is 23.4 Å². The van der Waals surface area contributed by atoms with E-state index in [2.05, 4.69) is 18.9 Å². The lowest BCUT2D eigenvalue weighted by molar-refractivity contribution is -0.486. The van der Waals surface area contributed by atoms with Crippen molar-refractivity contribution in [1.29, 1.82) is 0 Å². The van der Waals surface area contributed by atoms with Gasteiger partial charge in [0.25, 0.3) is 5.96 Å². The Bertz CT molecular complexity index is 557. The van der Waals surface area contributed by atoms with Gasteiger partial charge in [-0.25, -0.2) is 10.1 Å². The zero-order chi connectivity index (χ0) is 18.0. The molecular weight excluding hydrogens is 324 g/mol. The highest BCUT2D eigenvalue weighted by atomic mass is 16.7. The van der Waals surface area contributed by atoms with E-state index in [1.165, 1.54) is 6.42 Å². The van der Waals surface area contributed by atoms with E-state index in [1.54, 1.807) is 4.90 Å². The fourth-order valence-electron chi connectivity index (χ4n) is 4.32. The molecule has 1 aliphatic carbocycles. The average molecular weight is 352 g/mol. The van der Waals surface area contributed by atoms with Crippen LogP contribution in [0.4, 0.5) is 0 Å². The number of nitrogens with zero attached hydrogens (tertiary/aromatic N) is 4. The minimum atomic E-state index is -0.691. The summed E-state index contributed by atoms with van der Waals surface area (Å²) in [4.78, 5) is 27.3. The third kappa shape index (κ3) is 4.29. The van der Waals surface area contributed by atoms with E-state index in [0.717, 1.165) is 32.1 Å². The second-order valence-corrected chi connectivity index (χ2v) is 8.05. The van der Waals surface area contributed by atoms with E-state index >= 15 is 0 Å². The van der Waals surface area contributed by atoms with Gasteiger partial charge >= 0.3 is 0 Å². The molecule has 8 heteroatoms. The van der Waals surface area contributed by atoms with Gasteiger partial charge in [-0.05, 0) is 33.1 Å². The summed E-state index contributed by atoms with van der Waals surface area (Å²) >= 11 is 0. The maximum atomic E-state index is 12.8. The van der Waals surface area contributed by atoms with E-state index in [1.807, 2.05) is 4.90 Å². The van der Waals surface area contributed by atoms with E-state index < -0.39 is 5.03 Å². The van der Waals surface area contributed by atoms with Crippen LogP contribution in [-0.2, 0) is 9.53 Å². The SMILES string of the molecule is CC1(C)CC(CN2CCN(C(=O)C3CCCCC3)C2=N[N+](=O)[O-])CO1. The molecule has 1 unspecified atom stereocenters. The molecule has 3 rings (SSSR count). The van der Waals surface area contributed by atoms with Gasteiger partial charge in [0.05, 0.1) is 12.2 Å². The molecule has 0 N–H and O–H groups in total. The summed E-state index contributed by atoms with van der Waals surface area (Å²) in [6, 6.07) is 0. The first-order chi connectivity index (χ1) is 11.9. The zero-order valence-corrected chi connectivity index (χ0v) is 15.1. The summed E-state index contributed by atoms with van der Waals surface area (Å²) in [6.07, 6.45) is 5.96. The van der Waals surface area contributed by atoms with Gasteiger partial charge in [-0.15, -0.1) is 0 Å². The Morgan fingerprint density at radius 1 is 1.32 bits per heavy atom. The van der Waals surface area contributed by atoms with Crippen LogP contribution in [0.5, 0.6) is 0 Å². The average Bonchev–Trinajstić information content (AvgIpc) is 3.11. The van der Waals surface area contributed by atoms with Crippen LogP contribution < -0.4 is 0 Å². The van der Waals surface area contributed by atoms with Gasteiger partial charge in [0, 0.05) is 31.5 Å². The molecule has 0 bridgehead atoms. The normalized spacial score (nSPS) is 28.7. The molecule has 2 heterocycles. The number of amides is 1. The van der Waals surface area contributed by atoms with Crippen LogP contribution in [0, 0.1) is 22.0 Å². The summed E-state index contributed by atoms with van der Waals surface area (Å²) in [6.45, 7) is 6.49. The molecule has 2 saturated heterocycles. The van der Waals surface area contributed by atoms with E-state index in [0.29, 0.717) is 32.2 Å². The van der Waals surface area contributed by atoms with Gasteiger partial charge in [-0.3, -0.25) is 9.69 Å². The van der Waals surface area contributed by atoms with Gasteiger partial charge < -0.3 is 9.64 Å². The minimum absolute atomic E-state index is 0.00537. The number of rotatable bonds is 4. The van der Waals surface area contributed by atoms with E-state index in [9.17, 15) is 14.9 Å². The van der Waals surface area contributed by atoms with Crippen molar-refractivity contribution < 1.29 is 14.6 Å². The quantitative estimate of drug-likeness (QED) is 0.571. The fourth-order valence-corrected chi connectivity index (χ4v) is 4.32. The highest BCUT2D eigenvalue weighted by Crippen LogP contribution is 2.31. The Morgan fingerprint density at radius 2 is 2.04 bits per heavy atom. The summed E-state index contributed by atoms with van der Waals surface area (Å²) in [7, 11) is 0. The molecule has 3 fully saturated rings. The predicted octanol–water partition coefficient (Wildman–Crippen LogP) is 2.07. The molecule has 0 aromatic carbocycles. The fraction of sp³-hybridized carbons (Fsp3) is 0.882. The van der Waals surface area contributed by atoms with Crippen LogP contribution in [0.1, 0.15) is 52.4 Å².